The molecular weight excluding hydrogens is 300 g/mol. The van der Waals surface area contributed by atoms with Gasteiger partial charge in [0.15, 0.2) is 11.0 Å². The molecule has 1 aliphatic rings. The fraction of sp³-hybridized carbons (Fsp3) is 0.250. The molecule has 22 heavy (non-hydrogen) atoms. The number of benzene rings is 1. The van der Waals surface area contributed by atoms with E-state index >= 15 is 0 Å². The zero-order valence-corrected chi connectivity index (χ0v) is 12.7. The lowest BCUT2D eigenvalue weighted by Crippen LogP contribution is -2.36. The summed E-state index contributed by atoms with van der Waals surface area (Å²) in [6, 6.07) is 10.3. The molecule has 0 spiro atoms. The van der Waals surface area contributed by atoms with Crippen LogP contribution in [0.2, 0.25) is 5.15 Å². The van der Waals surface area contributed by atoms with E-state index in [0.717, 1.165) is 0 Å². The minimum absolute atomic E-state index is 0.143. The van der Waals surface area contributed by atoms with Crippen LogP contribution >= 0.6 is 11.6 Å². The van der Waals surface area contributed by atoms with Gasteiger partial charge in [0.25, 0.3) is 0 Å². The average molecular weight is 317 g/mol. The summed E-state index contributed by atoms with van der Waals surface area (Å²) in [6.07, 6.45) is 5.57. The van der Waals surface area contributed by atoms with E-state index in [1.165, 1.54) is 11.9 Å². The number of rotatable bonds is 6. The summed E-state index contributed by atoms with van der Waals surface area (Å²) in [6.45, 7) is 1.25. The van der Waals surface area contributed by atoms with E-state index < -0.39 is 0 Å². The number of halogens is 1. The molecule has 5 nitrogen and oxygen atoms in total. The first-order valence-electron chi connectivity index (χ1n) is 7.06. The van der Waals surface area contributed by atoms with Crippen molar-refractivity contribution in [3.8, 4) is 0 Å². The third-order valence-corrected chi connectivity index (χ3v) is 3.89. The van der Waals surface area contributed by atoms with Crippen molar-refractivity contribution in [2.24, 2.45) is 5.92 Å². The Morgan fingerprint density at radius 1 is 1.18 bits per heavy atom. The topological polar surface area (TPSA) is 73.1 Å². The molecule has 2 atom stereocenters. The van der Waals surface area contributed by atoms with Gasteiger partial charge in [-0.15, -0.1) is 0 Å². The Labute approximate surface area is 134 Å². The zero-order valence-electron chi connectivity index (χ0n) is 11.9. The Morgan fingerprint density at radius 2 is 2.00 bits per heavy atom. The number of nitrogens with two attached hydrogens (primary N) is 1. The van der Waals surface area contributed by atoms with Crippen LogP contribution in [0.4, 0.5) is 11.5 Å². The molecule has 3 rings (SSSR count). The van der Waals surface area contributed by atoms with E-state index in [0.29, 0.717) is 24.7 Å². The van der Waals surface area contributed by atoms with Crippen LogP contribution in [0.5, 0.6) is 0 Å². The van der Waals surface area contributed by atoms with Gasteiger partial charge in [0.1, 0.15) is 12.0 Å². The van der Waals surface area contributed by atoms with Crippen LogP contribution in [-0.4, -0.2) is 22.6 Å². The van der Waals surface area contributed by atoms with Gasteiger partial charge in [-0.1, -0.05) is 54.1 Å². The van der Waals surface area contributed by atoms with Crippen molar-refractivity contribution >= 4 is 23.1 Å². The van der Waals surface area contributed by atoms with Gasteiger partial charge < -0.3 is 15.8 Å². The van der Waals surface area contributed by atoms with Crippen molar-refractivity contribution in [2.45, 2.75) is 12.6 Å². The first-order valence-corrected chi connectivity index (χ1v) is 7.44. The second-order valence-electron chi connectivity index (χ2n) is 5.15. The van der Waals surface area contributed by atoms with E-state index in [-0.39, 0.29) is 17.1 Å². The molecule has 6 heteroatoms. The van der Waals surface area contributed by atoms with Crippen molar-refractivity contribution in [3.05, 3.63) is 59.5 Å². The molecule has 1 heterocycles. The molecule has 1 aliphatic carbocycles. The summed E-state index contributed by atoms with van der Waals surface area (Å²) in [5, 5.41) is 3.52. The van der Waals surface area contributed by atoms with E-state index in [1.54, 1.807) is 0 Å². The molecule has 0 amide bonds. The number of nitrogens with zero attached hydrogens (tertiary/aromatic N) is 2. The Hall–Kier alpha value is -2.11. The number of nitrogen functional groups attached to an aromatic ring is 1. The quantitative estimate of drug-likeness (QED) is 0.633. The molecule has 1 aromatic heterocycles. The van der Waals surface area contributed by atoms with Crippen molar-refractivity contribution < 1.29 is 4.74 Å². The van der Waals surface area contributed by atoms with Gasteiger partial charge in [0, 0.05) is 5.92 Å². The third-order valence-electron chi connectivity index (χ3n) is 3.59. The molecule has 0 fully saturated rings. The highest BCUT2D eigenvalue weighted by atomic mass is 35.5. The minimum Gasteiger partial charge on any atom is -0.393 e. The van der Waals surface area contributed by atoms with Crippen molar-refractivity contribution in [1.82, 2.24) is 9.97 Å². The normalized spacial score (nSPS) is 19.7. The van der Waals surface area contributed by atoms with Crippen LogP contribution in [0.3, 0.4) is 0 Å². The van der Waals surface area contributed by atoms with Gasteiger partial charge in [0.05, 0.1) is 19.3 Å². The van der Waals surface area contributed by atoms with Gasteiger partial charge in [-0.3, -0.25) is 0 Å². The average Bonchev–Trinajstić information content (AvgIpc) is 2.53. The van der Waals surface area contributed by atoms with E-state index in [9.17, 15) is 0 Å². The molecule has 3 N–H and O–H groups in total. The highest BCUT2D eigenvalue weighted by Gasteiger charge is 2.25. The highest BCUT2D eigenvalue weighted by Crippen LogP contribution is 2.27. The molecule has 2 aromatic rings. The Kier molecular flexibility index (Phi) is 4.56. The number of hydrogen-bond donors (Lipinski definition) is 2. The second kappa shape index (κ2) is 6.77. The maximum atomic E-state index is 5.89. The van der Waals surface area contributed by atoms with Crippen molar-refractivity contribution in [2.75, 3.05) is 17.7 Å². The maximum Gasteiger partial charge on any atom is 0.157 e. The lowest BCUT2D eigenvalue weighted by atomic mass is 9.89. The molecule has 0 saturated heterocycles. The van der Waals surface area contributed by atoms with Crippen LogP contribution in [0.25, 0.3) is 0 Å². The molecule has 1 aromatic carbocycles. The summed E-state index contributed by atoms with van der Waals surface area (Å²) >= 11 is 5.89. The Bertz CT molecular complexity index is 662. The van der Waals surface area contributed by atoms with Crippen molar-refractivity contribution in [1.29, 1.82) is 0 Å². The number of anilines is 2. The molecule has 0 aliphatic heterocycles. The second-order valence-corrected chi connectivity index (χ2v) is 5.50. The van der Waals surface area contributed by atoms with Crippen LogP contribution in [-0.2, 0) is 11.3 Å². The van der Waals surface area contributed by atoms with Crippen molar-refractivity contribution in [3.63, 3.8) is 0 Å². The monoisotopic (exact) mass is 316 g/mol. The number of hydrogen-bond acceptors (Lipinski definition) is 5. The van der Waals surface area contributed by atoms with Crippen LogP contribution < -0.4 is 11.1 Å². The fourth-order valence-electron chi connectivity index (χ4n) is 2.23. The SMILES string of the molecule is Nc1c(Cl)ncnc1N[C@H]1C=C[C@H]1COCc1ccccc1. The lowest BCUT2D eigenvalue weighted by molar-refractivity contribution is 0.0933. The summed E-state index contributed by atoms with van der Waals surface area (Å²) in [5.74, 6) is 0.847. The third kappa shape index (κ3) is 3.37. The zero-order chi connectivity index (χ0) is 15.4. The minimum atomic E-state index is 0.143. The lowest BCUT2D eigenvalue weighted by Gasteiger charge is -2.30. The molecule has 0 saturated carbocycles. The molecule has 0 unspecified atom stereocenters. The van der Waals surface area contributed by atoms with Gasteiger partial charge >= 0.3 is 0 Å². The van der Waals surface area contributed by atoms with Gasteiger partial charge in [0.2, 0.25) is 0 Å². The first kappa shape index (κ1) is 14.8. The maximum absolute atomic E-state index is 5.89. The van der Waals surface area contributed by atoms with Gasteiger partial charge in [-0.05, 0) is 5.56 Å². The highest BCUT2D eigenvalue weighted by molar-refractivity contribution is 6.32. The number of aromatic nitrogens is 2. The standard InChI is InChI=1S/C16H17ClN4O/c17-15-14(18)16(20-10-19-15)21-13-7-6-12(13)9-22-8-11-4-2-1-3-5-11/h1-7,10,12-13H,8-9,18H2,(H,19,20,21)/t12-,13-/m0/s1. The summed E-state index contributed by atoms with van der Waals surface area (Å²) in [5.41, 5.74) is 7.39. The first-order chi connectivity index (χ1) is 10.7. The van der Waals surface area contributed by atoms with E-state index in [4.69, 9.17) is 22.1 Å². The van der Waals surface area contributed by atoms with Crippen LogP contribution in [0.1, 0.15) is 5.56 Å². The van der Waals surface area contributed by atoms with Crippen LogP contribution in [0.15, 0.2) is 48.8 Å². The fourth-order valence-corrected chi connectivity index (χ4v) is 2.36. The number of ether oxygens (including phenoxy) is 1. The van der Waals surface area contributed by atoms with E-state index in [1.807, 2.05) is 18.2 Å². The molecule has 0 bridgehead atoms. The summed E-state index contributed by atoms with van der Waals surface area (Å²) < 4.78 is 5.76. The smallest absolute Gasteiger partial charge is 0.157 e. The van der Waals surface area contributed by atoms with Gasteiger partial charge in [-0.2, -0.15) is 0 Å². The summed E-state index contributed by atoms with van der Waals surface area (Å²) in [4.78, 5) is 7.96. The van der Waals surface area contributed by atoms with Crippen LogP contribution in [0, 0.1) is 5.92 Å². The largest absolute Gasteiger partial charge is 0.393 e. The Morgan fingerprint density at radius 3 is 2.73 bits per heavy atom. The predicted octanol–water partition coefficient (Wildman–Crippen LogP) is 2.90. The molecular formula is C16H17ClN4O. The summed E-state index contributed by atoms with van der Waals surface area (Å²) in [7, 11) is 0. The van der Waals surface area contributed by atoms with E-state index in [2.05, 4.69) is 39.6 Å². The predicted molar refractivity (Wildman–Crippen MR) is 87.6 cm³/mol. The molecule has 0 radical (unpaired) electrons. The number of nitrogens with one attached hydrogen (secondary N) is 1. The Balaban J connectivity index is 1.50. The molecule has 114 valence electrons. The van der Waals surface area contributed by atoms with Gasteiger partial charge in [-0.25, -0.2) is 9.97 Å².